The van der Waals surface area contributed by atoms with Crippen molar-refractivity contribution in [3.63, 3.8) is 0 Å². The van der Waals surface area contributed by atoms with Gasteiger partial charge in [-0.2, -0.15) is 5.26 Å². The van der Waals surface area contributed by atoms with Crippen molar-refractivity contribution in [3.05, 3.63) is 54.1 Å². The number of benzene rings is 2. The number of hydrogen-bond donors (Lipinski definition) is 0. The highest BCUT2D eigenvalue weighted by atomic mass is 32.2. The van der Waals surface area contributed by atoms with E-state index in [1.807, 2.05) is 38.1 Å². The molecular weight excluding hydrogens is 400 g/mol. The van der Waals surface area contributed by atoms with Crippen molar-refractivity contribution in [1.82, 2.24) is 4.90 Å². The summed E-state index contributed by atoms with van der Waals surface area (Å²) in [6.45, 7) is 3.80. The molecule has 7 heteroatoms. The van der Waals surface area contributed by atoms with Gasteiger partial charge in [0.25, 0.3) is 5.91 Å². The number of carbonyl (C=O) groups excluding carboxylic acids is 1. The zero-order chi connectivity index (χ0) is 21.7. The van der Waals surface area contributed by atoms with E-state index in [1.54, 1.807) is 29.2 Å². The Morgan fingerprint density at radius 2 is 1.77 bits per heavy atom. The standard InChI is InChI=1S/C23H26N2O4S/c1-3-17(2)25(21-12-13-30(27,28)16-21)23(26)15-29-22-10-8-20(9-11-22)19-6-4-18(14-24)5-7-19/h4-11,17,21H,3,12-13,15-16H2,1-2H3/t17-,21-/m1/s1. The van der Waals surface area contributed by atoms with Crippen LogP contribution in [0.2, 0.25) is 0 Å². The van der Waals surface area contributed by atoms with Gasteiger partial charge in [0.2, 0.25) is 0 Å². The minimum Gasteiger partial charge on any atom is -0.484 e. The lowest BCUT2D eigenvalue weighted by molar-refractivity contribution is -0.137. The molecule has 1 heterocycles. The number of hydrogen-bond acceptors (Lipinski definition) is 5. The van der Waals surface area contributed by atoms with Gasteiger partial charge in [-0.25, -0.2) is 8.42 Å². The maximum atomic E-state index is 12.8. The van der Waals surface area contributed by atoms with Crippen LogP contribution in [0.25, 0.3) is 11.1 Å². The van der Waals surface area contributed by atoms with Crippen molar-refractivity contribution in [2.24, 2.45) is 0 Å². The SMILES string of the molecule is CC[C@@H](C)N(C(=O)COc1ccc(-c2ccc(C#N)cc2)cc1)[C@@H]1CCS(=O)(=O)C1. The van der Waals surface area contributed by atoms with Gasteiger partial charge in [0.05, 0.1) is 23.1 Å². The van der Waals surface area contributed by atoms with Crippen molar-refractivity contribution in [3.8, 4) is 22.9 Å². The molecule has 1 amide bonds. The Bertz CT molecular complexity index is 1020. The first kappa shape index (κ1) is 21.8. The Kier molecular flexibility index (Phi) is 6.78. The molecule has 1 saturated heterocycles. The lowest BCUT2D eigenvalue weighted by Crippen LogP contribution is -2.48. The third-order valence-corrected chi connectivity index (χ3v) is 7.27. The first-order valence-corrected chi connectivity index (χ1v) is 11.9. The van der Waals surface area contributed by atoms with Gasteiger partial charge in [0, 0.05) is 12.1 Å². The molecule has 0 bridgehead atoms. The van der Waals surface area contributed by atoms with Crippen LogP contribution >= 0.6 is 0 Å². The van der Waals surface area contributed by atoms with Crippen molar-refractivity contribution < 1.29 is 17.9 Å². The van der Waals surface area contributed by atoms with E-state index >= 15 is 0 Å². The Balaban J connectivity index is 1.64. The molecule has 0 aliphatic carbocycles. The first-order chi connectivity index (χ1) is 14.3. The van der Waals surface area contributed by atoms with Crippen LogP contribution in [-0.2, 0) is 14.6 Å². The van der Waals surface area contributed by atoms with Crippen LogP contribution in [0.4, 0.5) is 0 Å². The summed E-state index contributed by atoms with van der Waals surface area (Å²) in [5.41, 5.74) is 2.58. The van der Waals surface area contributed by atoms with Crippen molar-refractivity contribution >= 4 is 15.7 Å². The summed E-state index contributed by atoms with van der Waals surface area (Å²) < 4.78 is 29.4. The number of amides is 1. The fourth-order valence-corrected chi connectivity index (χ4v) is 5.41. The summed E-state index contributed by atoms with van der Waals surface area (Å²) in [7, 11) is -3.07. The topological polar surface area (TPSA) is 87.5 Å². The highest BCUT2D eigenvalue weighted by Gasteiger charge is 2.36. The third kappa shape index (κ3) is 5.19. The van der Waals surface area contributed by atoms with Gasteiger partial charge in [0.1, 0.15) is 5.75 Å². The van der Waals surface area contributed by atoms with Gasteiger partial charge in [-0.15, -0.1) is 0 Å². The van der Waals surface area contributed by atoms with E-state index in [9.17, 15) is 13.2 Å². The average molecular weight is 427 g/mol. The average Bonchev–Trinajstić information content (AvgIpc) is 3.11. The maximum absolute atomic E-state index is 12.8. The van der Waals surface area contributed by atoms with E-state index in [-0.39, 0.29) is 36.1 Å². The van der Waals surface area contributed by atoms with Crippen LogP contribution in [-0.4, -0.2) is 49.4 Å². The molecule has 0 radical (unpaired) electrons. The normalized spacial score (nSPS) is 18.4. The molecule has 0 aromatic heterocycles. The zero-order valence-corrected chi connectivity index (χ0v) is 18.1. The second-order valence-corrected chi connectivity index (χ2v) is 9.85. The summed E-state index contributed by atoms with van der Waals surface area (Å²) in [5, 5.41) is 8.90. The summed E-state index contributed by atoms with van der Waals surface area (Å²) >= 11 is 0. The number of nitrogens with zero attached hydrogens (tertiary/aromatic N) is 2. The molecule has 1 aliphatic heterocycles. The van der Waals surface area contributed by atoms with Crippen LogP contribution in [0.3, 0.4) is 0 Å². The Morgan fingerprint density at radius 3 is 2.27 bits per heavy atom. The van der Waals surface area contributed by atoms with Crippen LogP contribution in [0.5, 0.6) is 5.75 Å². The molecule has 0 saturated carbocycles. The van der Waals surface area contributed by atoms with E-state index in [4.69, 9.17) is 10.00 Å². The van der Waals surface area contributed by atoms with Crippen LogP contribution in [0.1, 0.15) is 32.3 Å². The predicted octanol–water partition coefficient (Wildman–Crippen LogP) is 3.42. The first-order valence-electron chi connectivity index (χ1n) is 10.1. The number of nitriles is 1. The second kappa shape index (κ2) is 9.31. The molecule has 0 unspecified atom stereocenters. The summed E-state index contributed by atoms with van der Waals surface area (Å²) in [6.07, 6.45) is 1.24. The zero-order valence-electron chi connectivity index (χ0n) is 17.2. The van der Waals surface area contributed by atoms with E-state index in [2.05, 4.69) is 6.07 Å². The molecule has 1 fully saturated rings. The number of rotatable bonds is 7. The van der Waals surface area contributed by atoms with Crippen molar-refractivity contribution in [2.45, 2.75) is 38.8 Å². The molecular formula is C23H26N2O4S. The Morgan fingerprint density at radius 1 is 1.17 bits per heavy atom. The summed E-state index contributed by atoms with van der Waals surface area (Å²) in [4.78, 5) is 14.5. The molecule has 2 aromatic carbocycles. The highest BCUT2D eigenvalue weighted by Crippen LogP contribution is 2.24. The lowest BCUT2D eigenvalue weighted by atomic mass is 10.0. The monoisotopic (exact) mass is 426 g/mol. The summed E-state index contributed by atoms with van der Waals surface area (Å²) in [6, 6.07) is 16.5. The van der Waals surface area contributed by atoms with E-state index < -0.39 is 9.84 Å². The third-order valence-electron chi connectivity index (χ3n) is 5.52. The minimum atomic E-state index is -3.07. The van der Waals surface area contributed by atoms with Gasteiger partial charge < -0.3 is 9.64 Å². The predicted molar refractivity (Wildman–Crippen MR) is 116 cm³/mol. The van der Waals surface area contributed by atoms with Crippen molar-refractivity contribution in [2.75, 3.05) is 18.1 Å². The quantitative estimate of drug-likeness (QED) is 0.677. The maximum Gasteiger partial charge on any atom is 0.261 e. The van der Waals surface area contributed by atoms with Crippen LogP contribution in [0, 0.1) is 11.3 Å². The van der Waals surface area contributed by atoms with E-state index in [0.717, 1.165) is 17.5 Å². The molecule has 30 heavy (non-hydrogen) atoms. The van der Waals surface area contributed by atoms with Crippen LogP contribution in [0.15, 0.2) is 48.5 Å². The molecule has 3 rings (SSSR count). The highest BCUT2D eigenvalue weighted by molar-refractivity contribution is 7.91. The number of sulfone groups is 1. The molecule has 1 aliphatic rings. The lowest BCUT2D eigenvalue weighted by Gasteiger charge is -2.33. The Hall–Kier alpha value is -2.85. The fourth-order valence-electron chi connectivity index (χ4n) is 3.70. The number of ether oxygens (including phenoxy) is 1. The van der Waals surface area contributed by atoms with Crippen molar-refractivity contribution in [1.29, 1.82) is 5.26 Å². The van der Waals surface area contributed by atoms with Gasteiger partial charge >= 0.3 is 0 Å². The largest absolute Gasteiger partial charge is 0.484 e. The molecule has 0 N–H and O–H groups in total. The molecule has 2 atom stereocenters. The summed E-state index contributed by atoms with van der Waals surface area (Å²) in [5.74, 6) is 0.546. The van der Waals surface area contributed by atoms with Crippen LogP contribution < -0.4 is 4.74 Å². The second-order valence-electron chi connectivity index (χ2n) is 7.62. The molecule has 158 valence electrons. The number of carbonyl (C=O) groups is 1. The molecule has 2 aromatic rings. The fraction of sp³-hybridized carbons (Fsp3) is 0.391. The van der Waals surface area contributed by atoms with E-state index in [0.29, 0.717) is 17.7 Å². The van der Waals surface area contributed by atoms with E-state index in [1.165, 1.54) is 0 Å². The molecule has 0 spiro atoms. The van der Waals surface area contributed by atoms with Gasteiger partial charge in [-0.3, -0.25) is 4.79 Å². The van der Waals surface area contributed by atoms with Gasteiger partial charge in [-0.1, -0.05) is 31.2 Å². The van der Waals surface area contributed by atoms with Gasteiger partial charge in [0.15, 0.2) is 16.4 Å². The molecule has 6 nitrogen and oxygen atoms in total. The smallest absolute Gasteiger partial charge is 0.261 e. The Labute approximate surface area is 178 Å². The minimum absolute atomic E-state index is 0.0301. The van der Waals surface area contributed by atoms with Gasteiger partial charge in [-0.05, 0) is 55.2 Å².